The van der Waals surface area contributed by atoms with Gasteiger partial charge in [0.05, 0.1) is 17.8 Å². The van der Waals surface area contributed by atoms with Gasteiger partial charge < -0.3 is 15.4 Å². The minimum absolute atomic E-state index is 0.00830. The van der Waals surface area contributed by atoms with Crippen LogP contribution >= 0.6 is 0 Å². The maximum atomic E-state index is 12.1. The number of hydrogen-bond acceptors (Lipinski definition) is 5. The number of sulfone groups is 1. The molecule has 23 heavy (non-hydrogen) atoms. The minimum Gasteiger partial charge on any atom is -0.480 e. The monoisotopic (exact) mass is 335 g/mol. The molecule has 1 aromatic heterocycles. The second kappa shape index (κ2) is 7.59. The van der Waals surface area contributed by atoms with Crippen molar-refractivity contribution in [3.63, 3.8) is 0 Å². The maximum Gasteiger partial charge on any atom is 0.319 e. The summed E-state index contributed by atoms with van der Waals surface area (Å²) in [4.78, 5) is 16.0. The summed E-state index contributed by atoms with van der Waals surface area (Å²) < 4.78 is 29.2. The fourth-order valence-electron chi connectivity index (χ4n) is 1.86. The van der Waals surface area contributed by atoms with Gasteiger partial charge in [-0.25, -0.2) is 18.2 Å². The first-order valence-electron chi connectivity index (χ1n) is 6.84. The van der Waals surface area contributed by atoms with Gasteiger partial charge in [0.15, 0.2) is 9.84 Å². The lowest BCUT2D eigenvalue weighted by Crippen LogP contribution is -2.33. The highest BCUT2D eigenvalue weighted by Gasteiger charge is 2.14. The summed E-state index contributed by atoms with van der Waals surface area (Å²) in [7, 11) is -1.98. The van der Waals surface area contributed by atoms with Crippen LogP contribution in [0.5, 0.6) is 5.88 Å². The number of rotatable bonds is 6. The molecule has 0 aliphatic rings. The molecule has 0 spiro atoms. The Kier molecular flexibility index (Phi) is 5.53. The van der Waals surface area contributed by atoms with E-state index in [9.17, 15) is 13.2 Å². The number of nitrogens with zero attached hydrogens (tertiary/aromatic N) is 1. The van der Waals surface area contributed by atoms with Gasteiger partial charge in [0.25, 0.3) is 0 Å². The van der Waals surface area contributed by atoms with E-state index in [1.807, 2.05) is 0 Å². The zero-order chi connectivity index (χ0) is 16.7. The lowest BCUT2D eigenvalue weighted by atomic mass is 10.4. The Labute approximate surface area is 134 Å². The van der Waals surface area contributed by atoms with E-state index in [1.54, 1.807) is 30.3 Å². The summed E-state index contributed by atoms with van der Waals surface area (Å²) in [6, 6.07) is 10.9. The zero-order valence-corrected chi connectivity index (χ0v) is 13.3. The van der Waals surface area contributed by atoms with Gasteiger partial charge in [0, 0.05) is 12.7 Å². The van der Waals surface area contributed by atoms with Crippen LogP contribution in [0.1, 0.15) is 0 Å². The topological polar surface area (TPSA) is 97.4 Å². The van der Waals surface area contributed by atoms with Crippen molar-refractivity contribution in [2.24, 2.45) is 0 Å². The molecule has 0 radical (unpaired) electrons. The van der Waals surface area contributed by atoms with Crippen molar-refractivity contribution in [3.05, 3.63) is 48.7 Å². The van der Waals surface area contributed by atoms with E-state index in [4.69, 9.17) is 4.74 Å². The van der Waals surface area contributed by atoms with E-state index in [2.05, 4.69) is 15.6 Å². The van der Waals surface area contributed by atoms with E-state index in [0.717, 1.165) is 0 Å². The molecule has 2 rings (SSSR count). The average molecular weight is 335 g/mol. The lowest BCUT2D eigenvalue weighted by molar-refractivity contribution is 0.252. The van der Waals surface area contributed by atoms with Gasteiger partial charge in [-0.2, -0.15) is 0 Å². The van der Waals surface area contributed by atoms with Gasteiger partial charge in [-0.3, -0.25) is 0 Å². The quantitative estimate of drug-likeness (QED) is 0.837. The molecule has 0 saturated carbocycles. The predicted molar refractivity (Wildman–Crippen MR) is 86.3 cm³/mol. The number of carbonyl (C=O) groups excluding carboxylic acids is 1. The van der Waals surface area contributed by atoms with E-state index in [0.29, 0.717) is 5.69 Å². The van der Waals surface area contributed by atoms with Gasteiger partial charge >= 0.3 is 6.03 Å². The third kappa shape index (κ3) is 4.68. The fourth-order valence-corrected chi connectivity index (χ4v) is 3.04. The number of ether oxygens (including phenoxy) is 1. The van der Waals surface area contributed by atoms with Crippen LogP contribution in [-0.4, -0.2) is 38.8 Å². The Morgan fingerprint density at radius 1 is 1.17 bits per heavy atom. The number of methoxy groups -OCH3 is 1. The molecular weight excluding hydrogens is 318 g/mol. The zero-order valence-electron chi connectivity index (χ0n) is 12.5. The molecule has 2 aromatic rings. The van der Waals surface area contributed by atoms with Crippen molar-refractivity contribution in [1.29, 1.82) is 0 Å². The van der Waals surface area contributed by atoms with Gasteiger partial charge in [-0.05, 0) is 24.3 Å². The van der Waals surface area contributed by atoms with E-state index in [-0.39, 0.29) is 23.1 Å². The number of anilines is 1. The van der Waals surface area contributed by atoms with Gasteiger partial charge in [-0.15, -0.1) is 0 Å². The Bertz CT molecular complexity index is 763. The highest BCUT2D eigenvalue weighted by atomic mass is 32.2. The molecule has 1 aromatic carbocycles. The molecule has 122 valence electrons. The molecule has 0 fully saturated rings. The summed E-state index contributed by atoms with van der Waals surface area (Å²) in [6.45, 7) is -0.00830. The number of hydrogen-bond donors (Lipinski definition) is 2. The molecule has 2 N–H and O–H groups in total. The summed E-state index contributed by atoms with van der Waals surface area (Å²) >= 11 is 0. The summed E-state index contributed by atoms with van der Waals surface area (Å²) in [6.07, 6.45) is 1.54. The third-order valence-corrected chi connectivity index (χ3v) is 4.70. The minimum atomic E-state index is -3.42. The molecule has 8 heteroatoms. The molecule has 2 amide bonds. The van der Waals surface area contributed by atoms with Crippen LogP contribution in [0.2, 0.25) is 0 Å². The normalized spacial score (nSPS) is 10.8. The Hall–Kier alpha value is -2.61. The lowest BCUT2D eigenvalue weighted by Gasteiger charge is -2.10. The van der Waals surface area contributed by atoms with E-state index in [1.165, 1.54) is 25.4 Å². The van der Waals surface area contributed by atoms with Gasteiger partial charge in [0.2, 0.25) is 5.88 Å². The number of benzene rings is 1. The van der Waals surface area contributed by atoms with Gasteiger partial charge in [-0.1, -0.05) is 18.2 Å². The maximum absolute atomic E-state index is 12.1. The summed E-state index contributed by atoms with van der Waals surface area (Å²) in [5.74, 6) is 0.0915. The van der Waals surface area contributed by atoms with Crippen LogP contribution in [-0.2, 0) is 9.84 Å². The largest absolute Gasteiger partial charge is 0.480 e. The second-order valence-corrected chi connectivity index (χ2v) is 6.68. The standard InChI is InChI=1S/C15H17N3O4S/c1-22-14-13(8-5-9-16-14)18-15(19)17-10-11-23(20,21)12-6-3-2-4-7-12/h2-9H,10-11H2,1H3,(H2,17,18,19). The number of urea groups is 1. The predicted octanol–water partition coefficient (Wildman–Crippen LogP) is 1.69. The fraction of sp³-hybridized carbons (Fsp3) is 0.200. The second-order valence-electron chi connectivity index (χ2n) is 4.57. The van der Waals surface area contributed by atoms with Crippen molar-refractivity contribution in [3.8, 4) is 5.88 Å². The van der Waals surface area contributed by atoms with Crippen molar-refractivity contribution < 1.29 is 17.9 Å². The summed E-state index contributed by atoms with van der Waals surface area (Å²) in [5.41, 5.74) is 0.401. The van der Waals surface area contributed by atoms with Crippen LogP contribution in [0.3, 0.4) is 0 Å². The molecule has 7 nitrogen and oxygen atoms in total. The number of aromatic nitrogens is 1. The van der Waals surface area contributed by atoms with Crippen LogP contribution in [0, 0.1) is 0 Å². The molecule has 0 atom stereocenters. The molecule has 0 bridgehead atoms. The molecule has 0 saturated heterocycles. The highest BCUT2D eigenvalue weighted by Crippen LogP contribution is 2.19. The van der Waals surface area contributed by atoms with Crippen LogP contribution < -0.4 is 15.4 Å². The SMILES string of the molecule is COc1ncccc1NC(=O)NCCS(=O)(=O)c1ccccc1. The molecule has 1 heterocycles. The molecule has 0 unspecified atom stereocenters. The molecule has 0 aliphatic heterocycles. The first-order chi connectivity index (χ1) is 11.0. The first-order valence-corrected chi connectivity index (χ1v) is 8.50. The van der Waals surface area contributed by atoms with Crippen molar-refractivity contribution in [2.75, 3.05) is 24.7 Å². The number of amides is 2. The van der Waals surface area contributed by atoms with Crippen LogP contribution in [0.15, 0.2) is 53.6 Å². The van der Waals surface area contributed by atoms with Crippen molar-refractivity contribution in [1.82, 2.24) is 10.3 Å². The Balaban J connectivity index is 1.88. The number of pyridine rings is 1. The Morgan fingerprint density at radius 3 is 2.61 bits per heavy atom. The highest BCUT2D eigenvalue weighted by molar-refractivity contribution is 7.91. The van der Waals surface area contributed by atoms with Gasteiger partial charge in [0.1, 0.15) is 5.69 Å². The third-order valence-electron chi connectivity index (χ3n) is 2.97. The van der Waals surface area contributed by atoms with Crippen molar-refractivity contribution >= 4 is 21.6 Å². The van der Waals surface area contributed by atoms with Crippen LogP contribution in [0.25, 0.3) is 0 Å². The number of nitrogens with one attached hydrogen (secondary N) is 2. The number of carbonyl (C=O) groups is 1. The smallest absolute Gasteiger partial charge is 0.319 e. The average Bonchev–Trinajstić information content (AvgIpc) is 2.56. The van der Waals surface area contributed by atoms with E-state index < -0.39 is 15.9 Å². The Morgan fingerprint density at radius 2 is 1.91 bits per heavy atom. The van der Waals surface area contributed by atoms with Crippen LogP contribution in [0.4, 0.5) is 10.5 Å². The van der Waals surface area contributed by atoms with Crippen molar-refractivity contribution in [2.45, 2.75) is 4.90 Å². The van der Waals surface area contributed by atoms with E-state index >= 15 is 0 Å². The molecule has 0 aliphatic carbocycles. The molecular formula is C15H17N3O4S. The first kappa shape index (κ1) is 16.8. The summed E-state index contributed by atoms with van der Waals surface area (Å²) in [5, 5.41) is 5.05.